The molecular weight excluding hydrogens is 460 g/mol. The number of ether oxygens (including phenoxy) is 1. The van der Waals surface area contributed by atoms with Gasteiger partial charge in [0.15, 0.2) is 0 Å². The maximum Gasteiger partial charge on any atom is 0.318 e. The SMILES string of the molecule is CC1=CC(C)(C)N2C(=O)C(=O)c3cc(O[C@]4(O)C(=O)N5c6c(cc(O)cc64)C(C)=CC5(C)C)cc1c32. The number of carbonyl (C=O) groups is 3. The van der Waals surface area contributed by atoms with Crippen molar-refractivity contribution in [2.45, 2.75) is 58.4 Å². The molecule has 0 spiro atoms. The van der Waals surface area contributed by atoms with E-state index in [1.165, 1.54) is 21.9 Å². The number of nitrogens with zero attached hydrogens (tertiary/aromatic N) is 2. The van der Waals surface area contributed by atoms with Crippen molar-refractivity contribution >= 4 is 40.1 Å². The minimum absolute atomic E-state index is 0.0643. The first-order chi connectivity index (χ1) is 16.7. The molecule has 0 aliphatic carbocycles. The second-order valence-corrected chi connectivity index (χ2v) is 11.1. The Morgan fingerprint density at radius 2 is 1.33 bits per heavy atom. The average Bonchev–Trinajstić information content (AvgIpc) is 3.14. The second kappa shape index (κ2) is 6.44. The molecule has 2 N–H and O–H groups in total. The van der Waals surface area contributed by atoms with Crippen molar-refractivity contribution in [3.05, 3.63) is 58.7 Å². The molecule has 0 aromatic heterocycles. The molecule has 184 valence electrons. The van der Waals surface area contributed by atoms with Crippen LogP contribution in [0.5, 0.6) is 11.5 Å². The van der Waals surface area contributed by atoms with Gasteiger partial charge in [-0.25, -0.2) is 0 Å². The third-order valence-corrected chi connectivity index (χ3v) is 7.53. The fourth-order valence-electron chi connectivity index (χ4n) is 6.20. The van der Waals surface area contributed by atoms with Crippen LogP contribution in [0.25, 0.3) is 11.1 Å². The van der Waals surface area contributed by atoms with Crippen LogP contribution >= 0.6 is 0 Å². The van der Waals surface area contributed by atoms with Crippen molar-refractivity contribution in [1.29, 1.82) is 0 Å². The summed E-state index contributed by atoms with van der Waals surface area (Å²) in [7, 11) is 0. The summed E-state index contributed by atoms with van der Waals surface area (Å²) >= 11 is 0. The fourth-order valence-corrected chi connectivity index (χ4v) is 6.20. The topological polar surface area (TPSA) is 107 Å². The molecular formula is C28H26N2O6. The zero-order chi connectivity index (χ0) is 26.1. The number of Topliss-reactive ketones (excluding diaryl/α,β-unsaturated/α-hetero) is 1. The Morgan fingerprint density at radius 3 is 1.97 bits per heavy atom. The molecule has 0 saturated heterocycles. The van der Waals surface area contributed by atoms with Gasteiger partial charge in [-0.3, -0.25) is 24.2 Å². The number of aromatic hydroxyl groups is 1. The van der Waals surface area contributed by atoms with Crippen LogP contribution in [0.15, 0.2) is 36.4 Å². The highest BCUT2D eigenvalue weighted by molar-refractivity contribution is 6.53. The smallest absolute Gasteiger partial charge is 0.318 e. The van der Waals surface area contributed by atoms with Gasteiger partial charge in [0.25, 0.3) is 11.7 Å². The Labute approximate surface area is 208 Å². The Kier molecular flexibility index (Phi) is 4.04. The minimum atomic E-state index is -2.45. The lowest BCUT2D eigenvalue weighted by Crippen LogP contribution is -2.52. The number of benzene rings is 2. The van der Waals surface area contributed by atoms with Crippen LogP contribution in [0.2, 0.25) is 0 Å². The van der Waals surface area contributed by atoms with E-state index >= 15 is 0 Å². The van der Waals surface area contributed by atoms with Gasteiger partial charge in [-0.2, -0.15) is 0 Å². The summed E-state index contributed by atoms with van der Waals surface area (Å²) in [6.07, 6.45) is 3.80. The molecule has 4 aliphatic rings. The van der Waals surface area contributed by atoms with Gasteiger partial charge in [0.2, 0.25) is 0 Å². The van der Waals surface area contributed by atoms with E-state index < -0.39 is 34.5 Å². The van der Waals surface area contributed by atoms with E-state index in [4.69, 9.17) is 4.74 Å². The van der Waals surface area contributed by atoms with Gasteiger partial charge in [-0.1, -0.05) is 12.2 Å². The molecule has 4 heterocycles. The van der Waals surface area contributed by atoms with Gasteiger partial charge in [0, 0.05) is 11.1 Å². The minimum Gasteiger partial charge on any atom is -0.508 e. The van der Waals surface area contributed by atoms with Crippen LogP contribution in [0, 0.1) is 0 Å². The number of allylic oxidation sites excluding steroid dienone is 2. The van der Waals surface area contributed by atoms with Crippen molar-refractivity contribution in [3.8, 4) is 11.5 Å². The Bertz CT molecular complexity index is 1530. The molecule has 2 aromatic rings. The van der Waals surface area contributed by atoms with E-state index in [1.807, 2.05) is 53.7 Å². The van der Waals surface area contributed by atoms with Gasteiger partial charge in [0.1, 0.15) is 11.5 Å². The maximum atomic E-state index is 13.8. The first-order valence-corrected chi connectivity index (χ1v) is 11.8. The summed E-state index contributed by atoms with van der Waals surface area (Å²) in [4.78, 5) is 42.5. The lowest BCUT2D eigenvalue weighted by Gasteiger charge is -2.39. The first kappa shape index (κ1) is 22.5. The van der Waals surface area contributed by atoms with E-state index in [0.29, 0.717) is 22.5 Å². The van der Waals surface area contributed by atoms with E-state index in [0.717, 1.165) is 11.1 Å². The van der Waals surface area contributed by atoms with E-state index in [-0.39, 0.29) is 22.6 Å². The first-order valence-electron chi connectivity index (χ1n) is 11.8. The standard InChI is InChI=1S/C28H26N2O6/c1-13-12-27(5,6)30-22-17(13)7-15(31)8-20(22)28(35,25(30)34)36-16-9-18-14(2)11-26(3,4)29-21(18)19(10-16)23(32)24(29)33/h7-12,31,35H,1-6H3/t28-/m0/s1. The monoisotopic (exact) mass is 486 g/mol. The van der Waals surface area contributed by atoms with Crippen molar-refractivity contribution in [2.24, 2.45) is 0 Å². The summed E-state index contributed by atoms with van der Waals surface area (Å²) in [5, 5.41) is 22.2. The predicted molar refractivity (Wildman–Crippen MR) is 134 cm³/mol. The van der Waals surface area contributed by atoms with E-state index in [9.17, 15) is 24.6 Å². The number of aliphatic hydroxyl groups is 1. The van der Waals surface area contributed by atoms with Crippen LogP contribution < -0.4 is 14.5 Å². The summed E-state index contributed by atoms with van der Waals surface area (Å²) < 4.78 is 6.03. The van der Waals surface area contributed by atoms with Gasteiger partial charge in [0.05, 0.1) is 33.6 Å². The summed E-state index contributed by atoms with van der Waals surface area (Å²) in [6.45, 7) is 11.2. The van der Waals surface area contributed by atoms with Crippen molar-refractivity contribution < 1.29 is 29.3 Å². The summed E-state index contributed by atoms with van der Waals surface area (Å²) in [5.41, 5.74) is 2.76. The molecule has 0 saturated carbocycles. The van der Waals surface area contributed by atoms with Gasteiger partial charge < -0.3 is 14.9 Å². The van der Waals surface area contributed by atoms with Crippen molar-refractivity contribution in [1.82, 2.24) is 0 Å². The van der Waals surface area contributed by atoms with Gasteiger partial charge in [-0.05, 0) is 77.0 Å². The highest BCUT2D eigenvalue weighted by Gasteiger charge is 2.58. The molecule has 6 rings (SSSR count). The highest BCUT2D eigenvalue weighted by atomic mass is 16.6. The number of carbonyl (C=O) groups excluding carboxylic acids is 3. The summed E-state index contributed by atoms with van der Waals surface area (Å²) in [5.74, 6) is -4.50. The average molecular weight is 487 g/mol. The number of phenols is 1. The Hall–Kier alpha value is -3.91. The number of phenolic OH excluding ortho intramolecular Hbond substituents is 1. The van der Waals surface area contributed by atoms with Crippen LogP contribution in [0.3, 0.4) is 0 Å². The molecule has 0 fully saturated rings. The van der Waals surface area contributed by atoms with E-state index in [1.54, 1.807) is 12.1 Å². The van der Waals surface area contributed by atoms with Crippen molar-refractivity contribution in [2.75, 3.05) is 9.80 Å². The van der Waals surface area contributed by atoms with E-state index in [2.05, 4.69) is 0 Å². The van der Waals surface area contributed by atoms with Crippen molar-refractivity contribution in [3.63, 3.8) is 0 Å². The fraction of sp³-hybridized carbons (Fsp3) is 0.321. The molecule has 0 bridgehead atoms. The molecule has 2 aromatic carbocycles. The lowest BCUT2D eigenvalue weighted by atomic mass is 9.88. The third-order valence-electron chi connectivity index (χ3n) is 7.53. The molecule has 1 atom stereocenters. The molecule has 2 amide bonds. The van der Waals surface area contributed by atoms with Gasteiger partial charge >= 0.3 is 11.7 Å². The molecule has 36 heavy (non-hydrogen) atoms. The Balaban J connectivity index is 1.53. The second-order valence-electron chi connectivity index (χ2n) is 11.1. The zero-order valence-electron chi connectivity index (χ0n) is 20.9. The molecule has 8 nitrogen and oxygen atoms in total. The lowest BCUT2D eigenvalue weighted by molar-refractivity contribution is -0.173. The van der Waals surface area contributed by atoms with Crippen LogP contribution in [0.4, 0.5) is 11.4 Å². The normalized spacial score (nSPS) is 24.5. The number of hydrogen-bond donors (Lipinski definition) is 2. The number of rotatable bonds is 2. The largest absolute Gasteiger partial charge is 0.508 e. The number of ketones is 1. The zero-order valence-corrected chi connectivity index (χ0v) is 20.9. The van der Waals surface area contributed by atoms with Crippen LogP contribution in [-0.2, 0) is 15.4 Å². The highest BCUT2D eigenvalue weighted by Crippen LogP contribution is 2.53. The molecule has 4 aliphatic heterocycles. The molecule has 0 unspecified atom stereocenters. The number of amides is 2. The maximum absolute atomic E-state index is 13.8. The van der Waals surface area contributed by atoms with Gasteiger partial charge in [-0.15, -0.1) is 0 Å². The van der Waals surface area contributed by atoms with Crippen LogP contribution in [-0.4, -0.2) is 38.9 Å². The number of anilines is 2. The van der Waals surface area contributed by atoms with Crippen LogP contribution in [0.1, 0.15) is 68.6 Å². The third kappa shape index (κ3) is 2.59. The molecule has 0 radical (unpaired) electrons. The molecule has 8 heteroatoms. The number of hydrogen-bond acceptors (Lipinski definition) is 6. The Morgan fingerprint density at radius 1 is 0.778 bits per heavy atom. The summed E-state index contributed by atoms with van der Waals surface area (Å²) in [6, 6.07) is 5.91. The quantitative estimate of drug-likeness (QED) is 0.493. The predicted octanol–water partition coefficient (Wildman–Crippen LogP) is 3.88.